The Bertz CT molecular complexity index is 666. The van der Waals surface area contributed by atoms with Gasteiger partial charge in [0, 0.05) is 44.3 Å². The molecule has 0 atom stereocenters. The number of benzene rings is 1. The molecule has 1 aromatic rings. The number of hydrogen-bond acceptors (Lipinski definition) is 4. The first-order valence-electron chi connectivity index (χ1n) is 9.60. The Labute approximate surface area is 165 Å². The summed E-state index contributed by atoms with van der Waals surface area (Å²) in [6, 6.07) is 8.14. The molecule has 6 nitrogen and oxygen atoms in total. The van der Waals surface area contributed by atoms with Gasteiger partial charge in [0.1, 0.15) is 0 Å². The van der Waals surface area contributed by atoms with Crippen LogP contribution in [0.25, 0.3) is 0 Å². The highest BCUT2D eigenvalue weighted by molar-refractivity contribution is 6.30. The van der Waals surface area contributed by atoms with Crippen molar-refractivity contribution in [3.8, 4) is 0 Å². The van der Waals surface area contributed by atoms with Crippen LogP contribution in [-0.4, -0.2) is 67.7 Å². The highest BCUT2D eigenvalue weighted by Gasteiger charge is 2.50. The maximum Gasteiger partial charge on any atom is 0.409 e. The minimum atomic E-state index is -0.388. The van der Waals surface area contributed by atoms with Gasteiger partial charge in [-0.1, -0.05) is 23.7 Å². The van der Waals surface area contributed by atoms with E-state index in [4.69, 9.17) is 16.3 Å². The molecule has 0 unspecified atom stereocenters. The summed E-state index contributed by atoms with van der Waals surface area (Å²) in [4.78, 5) is 28.6. The Kier molecular flexibility index (Phi) is 6.27. The van der Waals surface area contributed by atoms with Crippen LogP contribution in [0.3, 0.4) is 0 Å². The Balaban J connectivity index is 1.58. The number of carbonyl (C=O) groups excluding carboxylic acids is 2. The predicted molar refractivity (Wildman–Crippen MR) is 105 cm³/mol. The zero-order chi connectivity index (χ0) is 19.4. The van der Waals surface area contributed by atoms with Crippen LogP contribution in [0.5, 0.6) is 0 Å². The lowest BCUT2D eigenvalue weighted by Gasteiger charge is -2.53. The molecule has 2 fully saturated rings. The summed E-state index contributed by atoms with van der Waals surface area (Å²) < 4.78 is 5.08. The molecule has 2 aliphatic heterocycles. The van der Waals surface area contributed by atoms with Crippen LogP contribution in [-0.2, 0) is 16.0 Å². The fourth-order valence-electron chi connectivity index (χ4n) is 4.21. The van der Waals surface area contributed by atoms with Gasteiger partial charge in [-0.3, -0.25) is 9.69 Å². The summed E-state index contributed by atoms with van der Waals surface area (Å²) >= 11 is 5.97. The van der Waals surface area contributed by atoms with Crippen LogP contribution in [0.15, 0.2) is 24.3 Å². The predicted octanol–water partition coefficient (Wildman–Crippen LogP) is 2.55. The molecular weight excluding hydrogens is 366 g/mol. The van der Waals surface area contributed by atoms with E-state index in [0.717, 1.165) is 31.5 Å². The topological polar surface area (TPSA) is 61.9 Å². The molecule has 2 saturated heterocycles. The van der Waals surface area contributed by atoms with Gasteiger partial charge in [0.25, 0.3) is 0 Å². The van der Waals surface area contributed by atoms with Crippen molar-refractivity contribution in [2.45, 2.75) is 32.2 Å². The number of rotatable bonds is 5. The van der Waals surface area contributed by atoms with Crippen LogP contribution in [0.1, 0.15) is 25.3 Å². The molecule has 27 heavy (non-hydrogen) atoms. The third-order valence-electron chi connectivity index (χ3n) is 5.68. The van der Waals surface area contributed by atoms with Gasteiger partial charge in [0.15, 0.2) is 0 Å². The number of piperidine rings is 1. The summed E-state index contributed by atoms with van der Waals surface area (Å²) in [5.74, 6) is 0.0951. The minimum Gasteiger partial charge on any atom is -0.450 e. The zero-order valence-corrected chi connectivity index (χ0v) is 16.8. The number of nitrogens with one attached hydrogen (secondary N) is 1. The van der Waals surface area contributed by atoms with E-state index in [1.54, 1.807) is 11.9 Å². The van der Waals surface area contributed by atoms with Gasteiger partial charge in [-0.25, -0.2) is 4.79 Å². The molecule has 0 radical (unpaired) electrons. The smallest absolute Gasteiger partial charge is 0.409 e. The average molecular weight is 394 g/mol. The number of nitrogens with zero attached hydrogens (tertiary/aromatic N) is 2. The van der Waals surface area contributed by atoms with Crippen LogP contribution in [0, 0.1) is 5.41 Å². The van der Waals surface area contributed by atoms with E-state index in [0.29, 0.717) is 37.2 Å². The molecule has 0 aromatic heterocycles. The van der Waals surface area contributed by atoms with E-state index < -0.39 is 0 Å². The molecule has 1 aromatic carbocycles. The monoisotopic (exact) mass is 393 g/mol. The molecule has 3 rings (SSSR count). The first kappa shape index (κ1) is 20.0. The molecule has 2 heterocycles. The number of amides is 2. The molecule has 0 bridgehead atoms. The minimum absolute atomic E-state index is 0.0951. The van der Waals surface area contributed by atoms with Crippen LogP contribution in [0.2, 0.25) is 5.02 Å². The van der Waals surface area contributed by atoms with Gasteiger partial charge in [-0.15, -0.1) is 0 Å². The van der Waals surface area contributed by atoms with Crippen LogP contribution < -0.4 is 5.32 Å². The van der Waals surface area contributed by atoms with Crippen molar-refractivity contribution in [1.82, 2.24) is 15.1 Å². The van der Waals surface area contributed by atoms with Crippen molar-refractivity contribution >= 4 is 23.6 Å². The second-order valence-corrected chi connectivity index (χ2v) is 7.92. The third kappa shape index (κ3) is 4.38. The second-order valence-electron chi connectivity index (χ2n) is 7.48. The van der Waals surface area contributed by atoms with Crippen molar-refractivity contribution in [3.63, 3.8) is 0 Å². The van der Waals surface area contributed by atoms with E-state index in [-0.39, 0.29) is 17.4 Å². The molecule has 7 heteroatoms. The Morgan fingerprint density at radius 3 is 2.41 bits per heavy atom. The lowest BCUT2D eigenvalue weighted by Crippen LogP contribution is -2.67. The van der Waals surface area contributed by atoms with Gasteiger partial charge in [-0.05, 0) is 43.9 Å². The SMILES string of the molecule is CCOC(=O)N1CCC(N2CC(Cc3ccc(Cl)cc3)(C(=O)NC)C2)CC1. The number of ether oxygens (including phenoxy) is 1. The maximum atomic E-state index is 12.6. The first-order valence-corrected chi connectivity index (χ1v) is 9.97. The quantitative estimate of drug-likeness (QED) is 0.835. The Morgan fingerprint density at radius 1 is 1.22 bits per heavy atom. The number of likely N-dealkylation sites (tertiary alicyclic amines) is 2. The summed E-state index contributed by atoms with van der Waals surface area (Å²) in [5, 5.41) is 3.54. The summed E-state index contributed by atoms with van der Waals surface area (Å²) in [6.07, 6.45) is 2.33. The lowest BCUT2D eigenvalue weighted by molar-refractivity contribution is -0.144. The van der Waals surface area contributed by atoms with Crippen LogP contribution in [0.4, 0.5) is 4.79 Å². The van der Waals surface area contributed by atoms with Crippen molar-refractivity contribution in [2.24, 2.45) is 5.41 Å². The summed E-state index contributed by atoms with van der Waals surface area (Å²) in [6.45, 7) is 5.15. The highest BCUT2D eigenvalue weighted by atomic mass is 35.5. The molecule has 0 spiro atoms. The van der Waals surface area contributed by atoms with E-state index >= 15 is 0 Å². The van der Waals surface area contributed by atoms with Crippen molar-refractivity contribution < 1.29 is 14.3 Å². The van der Waals surface area contributed by atoms with E-state index in [2.05, 4.69) is 10.2 Å². The third-order valence-corrected chi connectivity index (χ3v) is 5.93. The van der Waals surface area contributed by atoms with Crippen molar-refractivity contribution in [3.05, 3.63) is 34.9 Å². The number of halogens is 1. The standard InChI is InChI=1S/C20H28ClN3O3/c1-3-27-19(26)23-10-8-17(9-11-23)24-13-20(14-24,18(25)22-2)12-15-4-6-16(21)7-5-15/h4-7,17H,3,8-14H2,1-2H3,(H,22,25). The summed E-state index contributed by atoms with van der Waals surface area (Å²) in [7, 11) is 1.70. The summed E-state index contributed by atoms with van der Waals surface area (Å²) in [5.41, 5.74) is 0.737. The average Bonchev–Trinajstić information content (AvgIpc) is 2.65. The fourth-order valence-corrected chi connectivity index (χ4v) is 4.34. The van der Waals surface area contributed by atoms with E-state index in [1.807, 2.05) is 31.2 Å². The molecular formula is C20H28ClN3O3. The lowest BCUT2D eigenvalue weighted by atomic mass is 9.72. The Hall–Kier alpha value is -1.79. The van der Waals surface area contributed by atoms with Crippen molar-refractivity contribution in [1.29, 1.82) is 0 Å². The molecule has 2 amide bonds. The molecule has 0 aliphatic carbocycles. The number of hydrogen-bond donors (Lipinski definition) is 1. The molecule has 148 valence electrons. The van der Waals surface area contributed by atoms with E-state index in [9.17, 15) is 9.59 Å². The van der Waals surface area contributed by atoms with Gasteiger partial charge in [0.05, 0.1) is 12.0 Å². The second kappa shape index (κ2) is 8.48. The zero-order valence-electron chi connectivity index (χ0n) is 16.0. The number of carbonyl (C=O) groups is 2. The highest BCUT2D eigenvalue weighted by Crippen LogP contribution is 2.38. The van der Waals surface area contributed by atoms with Crippen molar-refractivity contribution in [2.75, 3.05) is 39.8 Å². The first-order chi connectivity index (χ1) is 13.0. The van der Waals surface area contributed by atoms with Gasteiger partial charge in [-0.2, -0.15) is 0 Å². The van der Waals surface area contributed by atoms with Crippen LogP contribution >= 0.6 is 11.6 Å². The normalized spacial score (nSPS) is 20.0. The molecule has 1 N–H and O–H groups in total. The van der Waals surface area contributed by atoms with Gasteiger partial charge >= 0.3 is 6.09 Å². The fraction of sp³-hybridized carbons (Fsp3) is 0.600. The Morgan fingerprint density at radius 2 is 1.85 bits per heavy atom. The van der Waals surface area contributed by atoms with Gasteiger partial charge < -0.3 is 15.0 Å². The maximum absolute atomic E-state index is 12.6. The molecule has 0 saturated carbocycles. The molecule has 2 aliphatic rings. The largest absolute Gasteiger partial charge is 0.450 e. The van der Waals surface area contributed by atoms with Gasteiger partial charge in [0.2, 0.25) is 5.91 Å². The van der Waals surface area contributed by atoms with E-state index in [1.165, 1.54) is 0 Å².